The third kappa shape index (κ3) is 4.04. The first-order chi connectivity index (χ1) is 18.4. The van der Waals surface area contributed by atoms with Crippen LogP contribution in [0.5, 0.6) is 0 Å². The van der Waals surface area contributed by atoms with E-state index in [1.165, 1.54) is 51.1 Å². The van der Waals surface area contributed by atoms with E-state index in [2.05, 4.69) is 75.0 Å². The van der Waals surface area contributed by atoms with Gasteiger partial charge in [0.05, 0.1) is 16.4 Å². The lowest BCUT2D eigenvalue weighted by molar-refractivity contribution is -0.659. The molecule has 2 heterocycles. The number of halogens is 3. The summed E-state index contributed by atoms with van der Waals surface area (Å²) in [6, 6.07) is 18.8. The predicted molar refractivity (Wildman–Crippen MR) is 157 cm³/mol. The number of nitrogens with zero attached hydrogens (tertiary/aromatic N) is 1. The van der Waals surface area contributed by atoms with Crippen LogP contribution in [-0.2, 0) is 19.9 Å². The zero-order valence-corrected chi connectivity index (χ0v) is 24.1. The number of hydrogen-bond acceptors (Lipinski definition) is 1. The Kier molecular flexibility index (Phi) is 6.03. The number of aryl methyl sites for hydroxylation is 2. The molecule has 6 rings (SSSR count). The van der Waals surface area contributed by atoms with E-state index in [-0.39, 0.29) is 6.42 Å². The van der Waals surface area contributed by atoms with Crippen molar-refractivity contribution in [3.63, 3.8) is 0 Å². The van der Waals surface area contributed by atoms with E-state index in [4.69, 9.17) is 0 Å². The number of pyridine rings is 1. The molecule has 0 amide bonds. The van der Waals surface area contributed by atoms with Gasteiger partial charge in [-0.25, -0.2) is 4.57 Å². The van der Waals surface area contributed by atoms with E-state index in [0.717, 1.165) is 39.2 Å². The lowest BCUT2D eigenvalue weighted by Crippen LogP contribution is -2.34. The maximum atomic E-state index is 13.9. The van der Waals surface area contributed by atoms with Gasteiger partial charge in [-0.2, -0.15) is 13.2 Å². The Morgan fingerprint density at radius 3 is 2.31 bits per heavy atom. The number of rotatable bonds is 4. The molecule has 0 atom stereocenters. The van der Waals surface area contributed by atoms with Crippen molar-refractivity contribution < 1.29 is 17.7 Å². The summed E-state index contributed by atoms with van der Waals surface area (Å²) >= 11 is 1.83. The average molecular weight is 545 g/mol. The Labute approximate surface area is 232 Å². The highest BCUT2D eigenvalue weighted by Gasteiger charge is 2.47. The van der Waals surface area contributed by atoms with Crippen molar-refractivity contribution in [2.24, 2.45) is 18.4 Å². The van der Waals surface area contributed by atoms with Gasteiger partial charge in [0.1, 0.15) is 7.05 Å². The summed E-state index contributed by atoms with van der Waals surface area (Å²) in [5.74, 6) is 0.503. The quantitative estimate of drug-likeness (QED) is 0.158. The second-order valence-electron chi connectivity index (χ2n) is 12.1. The molecule has 0 unspecified atom stereocenters. The smallest absolute Gasteiger partial charge is 0.200 e. The Balaban J connectivity index is 1.72. The highest BCUT2D eigenvalue weighted by Crippen LogP contribution is 2.53. The maximum absolute atomic E-state index is 13.9. The average Bonchev–Trinajstić information content (AvgIpc) is 2.86. The van der Waals surface area contributed by atoms with Crippen molar-refractivity contribution in [1.82, 2.24) is 0 Å². The van der Waals surface area contributed by atoms with Crippen LogP contribution >= 0.6 is 11.8 Å². The molecule has 0 fully saturated rings. The van der Waals surface area contributed by atoms with Gasteiger partial charge in [0.15, 0.2) is 6.20 Å². The number of hydrogen-bond donors (Lipinski definition) is 0. The third-order valence-corrected chi connectivity index (χ3v) is 9.50. The first kappa shape index (κ1) is 26.2. The molecule has 0 aliphatic carbocycles. The van der Waals surface area contributed by atoms with Gasteiger partial charge in [0.2, 0.25) is 5.69 Å². The molecule has 1 aliphatic rings. The zero-order chi connectivity index (χ0) is 27.9. The van der Waals surface area contributed by atoms with E-state index in [0.29, 0.717) is 5.92 Å². The molecule has 5 aromatic rings. The number of fused-ring (bicyclic) bond motifs is 5. The Hall–Kier alpha value is -3.05. The fourth-order valence-corrected chi connectivity index (χ4v) is 7.65. The van der Waals surface area contributed by atoms with E-state index >= 15 is 0 Å². The topological polar surface area (TPSA) is 3.88 Å². The van der Waals surface area contributed by atoms with E-state index in [1.807, 2.05) is 30.0 Å². The number of aromatic nitrogens is 1. The van der Waals surface area contributed by atoms with Gasteiger partial charge in [-0.3, -0.25) is 0 Å². The molecular formula is C34H33F3NS+. The number of alkyl halides is 3. The summed E-state index contributed by atoms with van der Waals surface area (Å²) in [7, 11) is 2.08. The highest BCUT2D eigenvalue weighted by atomic mass is 32.2. The minimum atomic E-state index is -4.28. The molecule has 1 aliphatic heterocycles. The molecule has 0 spiro atoms. The molecule has 200 valence electrons. The summed E-state index contributed by atoms with van der Waals surface area (Å²) in [4.78, 5) is 2.48. The van der Waals surface area contributed by atoms with Crippen molar-refractivity contribution >= 4 is 44.1 Å². The van der Waals surface area contributed by atoms with Crippen LogP contribution in [0.4, 0.5) is 13.2 Å². The van der Waals surface area contributed by atoms with Gasteiger partial charge < -0.3 is 0 Å². The fourth-order valence-electron chi connectivity index (χ4n) is 6.26. The Morgan fingerprint density at radius 2 is 1.62 bits per heavy atom. The van der Waals surface area contributed by atoms with Crippen LogP contribution in [0, 0.1) is 18.3 Å². The molecule has 5 heteroatoms. The summed E-state index contributed by atoms with van der Waals surface area (Å²) in [6.45, 7) is 9.34. The van der Waals surface area contributed by atoms with Gasteiger partial charge in [0, 0.05) is 21.2 Å². The molecule has 1 aromatic heterocycles. The van der Waals surface area contributed by atoms with Crippen molar-refractivity contribution in [2.75, 3.05) is 0 Å². The summed E-state index contributed by atoms with van der Waals surface area (Å²) in [6.07, 6.45) is -1.29. The van der Waals surface area contributed by atoms with Crippen molar-refractivity contribution in [3.05, 3.63) is 77.5 Å². The van der Waals surface area contributed by atoms with E-state index in [9.17, 15) is 13.2 Å². The Bertz CT molecular complexity index is 1800. The lowest BCUT2D eigenvalue weighted by atomic mass is 9.82. The van der Waals surface area contributed by atoms with Crippen LogP contribution < -0.4 is 4.57 Å². The van der Waals surface area contributed by atoms with Gasteiger partial charge in [0.25, 0.3) is 0 Å². The van der Waals surface area contributed by atoms with Crippen LogP contribution in [0.3, 0.4) is 0 Å². The molecule has 0 saturated carbocycles. The molecule has 0 bridgehead atoms. The van der Waals surface area contributed by atoms with Gasteiger partial charge >= 0.3 is 6.18 Å². The molecule has 0 saturated heterocycles. The Morgan fingerprint density at radius 1 is 0.897 bits per heavy atom. The fraction of sp³-hybridized carbons (Fsp3) is 0.324. The second kappa shape index (κ2) is 8.99. The summed E-state index contributed by atoms with van der Waals surface area (Å²) in [5, 5.41) is 6.66. The molecular weight excluding hydrogens is 511 g/mol. The van der Waals surface area contributed by atoms with Crippen LogP contribution in [-0.4, -0.2) is 6.18 Å². The normalized spacial score (nSPS) is 13.6. The molecule has 39 heavy (non-hydrogen) atoms. The molecule has 0 radical (unpaired) electrons. The van der Waals surface area contributed by atoms with E-state index < -0.39 is 11.6 Å². The van der Waals surface area contributed by atoms with Crippen molar-refractivity contribution in [2.45, 2.75) is 63.4 Å². The molecule has 1 nitrogen and oxygen atoms in total. The largest absolute Gasteiger partial charge is 0.394 e. The predicted octanol–water partition coefficient (Wildman–Crippen LogP) is 9.74. The zero-order valence-electron chi connectivity index (χ0n) is 23.3. The number of benzene rings is 4. The highest BCUT2D eigenvalue weighted by molar-refractivity contribution is 8.00. The minimum absolute atomic E-state index is 0.0649. The van der Waals surface area contributed by atoms with Crippen LogP contribution in [0.15, 0.2) is 70.6 Å². The minimum Gasteiger partial charge on any atom is -0.200 e. The van der Waals surface area contributed by atoms with Gasteiger partial charge in [-0.1, -0.05) is 81.9 Å². The second-order valence-corrected chi connectivity index (χ2v) is 13.1. The first-order valence-corrected chi connectivity index (χ1v) is 14.4. The molecule has 0 N–H and O–H groups in total. The lowest BCUT2D eigenvalue weighted by Gasteiger charge is -2.29. The third-order valence-electron chi connectivity index (χ3n) is 8.30. The molecule has 4 aromatic carbocycles. The van der Waals surface area contributed by atoms with Gasteiger partial charge in [-0.05, 0) is 70.0 Å². The van der Waals surface area contributed by atoms with Crippen LogP contribution in [0.2, 0.25) is 0 Å². The maximum Gasteiger partial charge on any atom is 0.394 e. The van der Waals surface area contributed by atoms with Crippen molar-refractivity contribution in [1.29, 1.82) is 0 Å². The van der Waals surface area contributed by atoms with Crippen LogP contribution in [0.25, 0.3) is 43.6 Å². The van der Waals surface area contributed by atoms with Crippen LogP contribution in [0.1, 0.15) is 44.4 Å². The van der Waals surface area contributed by atoms with Crippen molar-refractivity contribution in [3.8, 4) is 11.3 Å². The SMILES string of the molecule is Cc1c2c(c(CC(C)C)c3ccccc13)Sc1cc3cccc(CC(C)(C)C(F)(F)F)c3c3cc[n+](C)c-2c13. The summed E-state index contributed by atoms with van der Waals surface area (Å²) in [5.41, 5.74) is 3.95. The first-order valence-electron chi connectivity index (χ1n) is 13.5. The summed E-state index contributed by atoms with van der Waals surface area (Å²) < 4.78 is 44.0. The monoisotopic (exact) mass is 544 g/mol. The van der Waals surface area contributed by atoms with E-state index in [1.54, 1.807) is 0 Å². The standard InChI is InChI=1S/C34H33F3NS/c1-19(2)16-26-24-13-8-7-12-23(24)20(3)28-31-30-25(14-15-38(31)6)29-21(17-27(30)39-32(26)28)10-9-11-22(29)18-33(4,5)34(35,36)37/h7-15,17,19H,16,18H2,1-6H3/q+1. The van der Waals surface area contributed by atoms with Gasteiger partial charge in [-0.15, -0.1) is 0 Å².